The van der Waals surface area contributed by atoms with Crippen molar-refractivity contribution in [3.05, 3.63) is 42.5 Å². The second kappa shape index (κ2) is 4.10. The normalized spacial score (nSPS) is 10.8. The van der Waals surface area contributed by atoms with E-state index in [0.29, 0.717) is 5.78 Å². The number of ether oxygens (including phenoxy) is 1. The fraction of sp³-hybridized carbons (Fsp3) is 0.154. The van der Waals surface area contributed by atoms with Crippen molar-refractivity contribution in [1.29, 1.82) is 0 Å². The monoisotopic (exact) mass is 240 g/mol. The Kier molecular flexibility index (Phi) is 2.44. The van der Waals surface area contributed by atoms with Crippen LogP contribution in [0.2, 0.25) is 0 Å². The molecule has 0 fully saturated rings. The maximum absolute atomic E-state index is 5.38. The molecule has 0 radical (unpaired) electrons. The molecule has 0 atom stereocenters. The number of aryl methyl sites for hydroxylation is 1. The Balaban J connectivity index is 2.21. The zero-order valence-electron chi connectivity index (χ0n) is 10.2. The van der Waals surface area contributed by atoms with Crippen molar-refractivity contribution in [3.63, 3.8) is 0 Å². The molecular weight excluding hydrogens is 228 g/mol. The average molecular weight is 240 g/mol. The van der Waals surface area contributed by atoms with Gasteiger partial charge in [-0.1, -0.05) is 11.6 Å². The molecule has 0 spiro atoms. The summed E-state index contributed by atoms with van der Waals surface area (Å²) in [5, 5.41) is 7.70. The molecule has 3 rings (SSSR count). The molecule has 2 aromatic heterocycles. The van der Waals surface area contributed by atoms with Gasteiger partial charge < -0.3 is 4.74 Å². The molecule has 2 heterocycles. The van der Waals surface area contributed by atoms with Gasteiger partial charge in [0, 0.05) is 23.5 Å². The lowest BCUT2D eigenvalue weighted by molar-refractivity contribution is 0.416. The summed E-state index contributed by atoms with van der Waals surface area (Å²) in [6.45, 7) is 2.05. The van der Waals surface area contributed by atoms with Gasteiger partial charge in [-0.05, 0) is 19.1 Å². The van der Waals surface area contributed by atoms with E-state index in [2.05, 4.69) is 21.2 Å². The topological polar surface area (TPSA) is 52.3 Å². The maximum Gasteiger partial charge on any atom is 0.254 e. The van der Waals surface area contributed by atoms with Crippen LogP contribution in [0.15, 0.2) is 36.9 Å². The summed E-state index contributed by atoms with van der Waals surface area (Å²) in [5.41, 5.74) is 3.16. The largest absolute Gasteiger partial charge is 0.496 e. The van der Waals surface area contributed by atoms with E-state index in [1.807, 2.05) is 25.3 Å². The van der Waals surface area contributed by atoms with Gasteiger partial charge in [0.2, 0.25) is 0 Å². The lowest BCUT2D eigenvalue weighted by atomic mass is 10.1. The predicted molar refractivity (Wildman–Crippen MR) is 67.5 cm³/mol. The van der Waals surface area contributed by atoms with E-state index in [4.69, 9.17) is 4.74 Å². The lowest BCUT2D eigenvalue weighted by Crippen LogP contribution is -1.93. The van der Waals surface area contributed by atoms with Crippen LogP contribution in [0, 0.1) is 6.92 Å². The van der Waals surface area contributed by atoms with Crippen molar-refractivity contribution in [1.82, 2.24) is 19.6 Å². The number of hydrogen-bond acceptors (Lipinski definition) is 4. The zero-order valence-corrected chi connectivity index (χ0v) is 10.2. The van der Waals surface area contributed by atoms with Gasteiger partial charge in [0.25, 0.3) is 5.78 Å². The Labute approximate surface area is 104 Å². The van der Waals surface area contributed by atoms with Crippen LogP contribution in [0.4, 0.5) is 0 Å². The molecule has 0 aliphatic rings. The van der Waals surface area contributed by atoms with Crippen molar-refractivity contribution in [3.8, 4) is 16.9 Å². The standard InChI is InChI=1S/C13H12N4O/c1-9-3-4-12(18-2)11(5-9)10-6-14-13-16-15-8-17(13)7-10/h3-8H,1-2H3. The molecule has 0 aliphatic heterocycles. The van der Waals surface area contributed by atoms with Gasteiger partial charge in [0.05, 0.1) is 7.11 Å². The molecule has 0 saturated carbocycles. The highest BCUT2D eigenvalue weighted by Gasteiger charge is 2.08. The van der Waals surface area contributed by atoms with Crippen molar-refractivity contribution in [2.45, 2.75) is 6.92 Å². The van der Waals surface area contributed by atoms with E-state index in [9.17, 15) is 0 Å². The minimum Gasteiger partial charge on any atom is -0.496 e. The van der Waals surface area contributed by atoms with E-state index >= 15 is 0 Å². The molecule has 0 aliphatic carbocycles. The summed E-state index contributed by atoms with van der Waals surface area (Å²) in [6.07, 6.45) is 5.36. The molecule has 0 saturated heterocycles. The minimum absolute atomic E-state index is 0.588. The fourth-order valence-electron chi connectivity index (χ4n) is 1.92. The van der Waals surface area contributed by atoms with Crippen molar-refractivity contribution in [2.24, 2.45) is 0 Å². The van der Waals surface area contributed by atoms with Crippen LogP contribution in [0.1, 0.15) is 5.56 Å². The third-order valence-electron chi connectivity index (χ3n) is 2.82. The van der Waals surface area contributed by atoms with Crippen LogP contribution in [0.5, 0.6) is 5.75 Å². The van der Waals surface area contributed by atoms with Gasteiger partial charge in [-0.15, -0.1) is 10.2 Å². The van der Waals surface area contributed by atoms with E-state index in [0.717, 1.165) is 16.9 Å². The summed E-state index contributed by atoms with van der Waals surface area (Å²) >= 11 is 0. The lowest BCUT2D eigenvalue weighted by Gasteiger charge is -2.09. The maximum atomic E-state index is 5.38. The number of rotatable bonds is 2. The summed E-state index contributed by atoms with van der Waals surface area (Å²) < 4.78 is 7.17. The molecule has 18 heavy (non-hydrogen) atoms. The fourth-order valence-corrected chi connectivity index (χ4v) is 1.92. The second-order valence-corrected chi connectivity index (χ2v) is 4.08. The number of benzene rings is 1. The number of fused-ring (bicyclic) bond motifs is 1. The van der Waals surface area contributed by atoms with E-state index in [1.54, 1.807) is 24.0 Å². The van der Waals surface area contributed by atoms with Gasteiger partial charge in [-0.2, -0.15) is 0 Å². The second-order valence-electron chi connectivity index (χ2n) is 4.08. The van der Waals surface area contributed by atoms with Crippen LogP contribution in [0.25, 0.3) is 16.9 Å². The molecule has 0 amide bonds. The third kappa shape index (κ3) is 1.69. The van der Waals surface area contributed by atoms with Crippen LogP contribution >= 0.6 is 0 Å². The number of aromatic nitrogens is 4. The molecule has 90 valence electrons. The van der Waals surface area contributed by atoms with Crippen LogP contribution in [0.3, 0.4) is 0 Å². The Morgan fingerprint density at radius 3 is 3.00 bits per heavy atom. The highest BCUT2D eigenvalue weighted by Crippen LogP contribution is 2.30. The smallest absolute Gasteiger partial charge is 0.254 e. The molecular formula is C13H12N4O. The first-order chi connectivity index (χ1) is 8.78. The molecule has 0 bridgehead atoms. The first-order valence-electron chi connectivity index (χ1n) is 5.58. The number of methoxy groups -OCH3 is 1. The minimum atomic E-state index is 0.588. The predicted octanol–water partition coefficient (Wildman–Crippen LogP) is 2.11. The van der Waals surface area contributed by atoms with E-state index in [-0.39, 0.29) is 0 Å². The van der Waals surface area contributed by atoms with Gasteiger partial charge in [-0.25, -0.2) is 4.98 Å². The zero-order chi connectivity index (χ0) is 12.5. The number of nitrogens with zero attached hydrogens (tertiary/aromatic N) is 4. The summed E-state index contributed by atoms with van der Waals surface area (Å²) in [7, 11) is 1.67. The average Bonchev–Trinajstić information content (AvgIpc) is 2.85. The first kappa shape index (κ1) is 10.7. The molecule has 1 aromatic carbocycles. The van der Waals surface area contributed by atoms with Gasteiger partial charge in [0.1, 0.15) is 12.1 Å². The summed E-state index contributed by atoms with van der Waals surface area (Å²) in [4.78, 5) is 4.26. The molecule has 5 heteroatoms. The van der Waals surface area contributed by atoms with Crippen LogP contribution < -0.4 is 4.74 Å². The highest BCUT2D eigenvalue weighted by molar-refractivity contribution is 5.70. The van der Waals surface area contributed by atoms with Gasteiger partial charge in [0.15, 0.2) is 0 Å². The summed E-state index contributed by atoms with van der Waals surface area (Å²) in [5.74, 6) is 1.42. The van der Waals surface area contributed by atoms with Crippen molar-refractivity contribution in [2.75, 3.05) is 7.11 Å². The third-order valence-corrected chi connectivity index (χ3v) is 2.82. The highest BCUT2D eigenvalue weighted by atomic mass is 16.5. The van der Waals surface area contributed by atoms with Crippen molar-refractivity contribution >= 4 is 5.78 Å². The van der Waals surface area contributed by atoms with Crippen LogP contribution in [-0.2, 0) is 0 Å². The van der Waals surface area contributed by atoms with Crippen LogP contribution in [-0.4, -0.2) is 26.7 Å². The van der Waals surface area contributed by atoms with Gasteiger partial charge in [-0.3, -0.25) is 4.40 Å². The molecule has 3 aromatic rings. The molecule has 5 nitrogen and oxygen atoms in total. The van der Waals surface area contributed by atoms with E-state index in [1.165, 1.54) is 5.56 Å². The number of hydrogen-bond donors (Lipinski definition) is 0. The quantitative estimate of drug-likeness (QED) is 0.688. The molecule has 0 N–H and O–H groups in total. The Bertz CT molecular complexity index is 705. The molecule has 0 unspecified atom stereocenters. The summed E-state index contributed by atoms with van der Waals surface area (Å²) in [6, 6.07) is 6.06. The Hall–Kier alpha value is -2.43. The first-order valence-corrected chi connectivity index (χ1v) is 5.58. The Morgan fingerprint density at radius 2 is 2.17 bits per heavy atom. The van der Waals surface area contributed by atoms with Gasteiger partial charge >= 0.3 is 0 Å². The van der Waals surface area contributed by atoms with Crippen molar-refractivity contribution < 1.29 is 4.74 Å². The Morgan fingerprint density at radius 1 is 1.28 bits per heavy atom. The SMILES string of the molecule is COc1ccc(C)cc1-c1cnc2nncn2c1. The van der Waals surface area contributed by atoms with E-state index < -0.39 is 0 Å².